The molecule has 2 fully saturated rings. The van der Waals surface area contributed by atoms with Gasteiger partial charge in [-0.3, -0.25) is 9.69 Å². The summed E-state index contributed by atoms with van der Waals surface area (Å²) in [6.45, 7) is 10.3. The van der Waals surface area contributed by atoms with Crippen molar-refractivity contribution >= 4 is 17.7 Å². The average molecular weight is 373 g/mol. The molecule has 2 aliphatic rings. The lowest BCUT2D eigenvalue weighted by Gasteiger charge is -2.38. The number of nitrogens with zero attached hydrogens (tertiary/aromatic N) is 3. The van der Waals surface area contributed by atoms with Gasteiger partial charge < -0.3 is 10.0 Å². The van der Waals surface area contributed by atoms with Crippen LogP contribution in [0.3, 0.4) is 0 Å². The molecule has 1 atom stereocenters. The Labute approximate surface area is 161 Å². The molecular formula is C21H31N3O3. The van der Waals surface area contributed by atoms with Gasteiger partial charge in [-0.2, -0.15) is 0 Å². The second-order valence-electron chi connectivity index (χ2n) is 7.93. The maximum absolute atomic E-state index is 12.8. The molecule has 2 heterocycles. The minimum absolute atomic E-state index is 0.205. The highest BCUT2D eigenvalue weighted by Gasteiger charge is 2.52. The Morgan fingerprint density at radius 1 is 1.11 bits per heavy atom. The Morgan fingerprint density at radius 2 is 1.70 bits per heavy atom. The number of anilines is 1. The zero-order valence-corrected chi connectivity index (χ0v) is 16.6. The van der Waals surface area contributed by atoms with Gasteiger partial charge in [-0.25, -0.2) is 9.69 Å². The van der Waals surface area contributed by atoms with Crippen LogP contribution < -0.4 is 4.90 Å². The molecule has 2 aliphatic heterocycles. The first-order valence-electron chi connectivity index (χ1n) is 10.0. The summed E-state index contributed by atoms with van der Waals surface area (Å²) in [5.41, 5.74) is 1.99. The van der Waals surface area contributed by atoms with Gasteiger partial charge in [-0.1, -0.05) is 31.5 Å². The molecule has 6 heteroatoms. The molecule has 2 saturated heterocycles. The fourth-order valence-electron chi connectivity index (χ4n) is 4.52. The number of hydrogen-bond acceptors (Lipinski definition) is 4. The van der Waals surface area contributed by atoms with E-state index in [4.69, 9.17) is 0 Å². The first-order valence-corrected chi connectivity index (χ1v) is 10.0. The lowest BCUT2D eigenvalue weighted by Crippen LogP contribution is -2.51. The van der Waals surface area contributed by atoms with Crippen LogP contribution in [0, 0.1) is 12.3 Å². The molecule has 3 rings (SSSR count). The normalized spacial score (nSPS) is 23.1. The number of amides is 2. The molecular weight excluding hydrogens is 342 g/mol. The average Bonchev–Trinajstić information content (AvgIpc) is 2.95. The third-order valence-electron chi connectivity index (χ3n) is 6.46. The Morgan fingerprint density at radius 3 is 2.22 bits per heavy atom. The van der Waals surface area contributed by atoms with Gasteiger partial charge in [0.05, 0.1) is 11.5 Å². The standard InChI is InChI=1S/C21H31N3O3/c1-4-21(5-2)14-18(24(19(21)25)20(26)27)15-22-10-12-23(13-11-22)17-8-6-16(3)7-9-17/h6-9,18H,4-5,10-15H2,1-3H3,(H,26,27)/t18-/m1/s1. The van der Waals surface area contributed by atoms with Crippen LogP contribution >= 0.6 is 0 Å². The predicted molar refractivity (Wildman–Crippen MR) is 106 cm³/mol. The number of hydrogen-bond donors (Lipinski definition) is 1. The maximum Gasteiger partial charge on any atom is 0.414 e. The van der Waals surface area contributed by atoms with Crippen LogP contribution in [-0.2, 0) is 4.79 Å². The second kappa shape index (κ2) is 7.89. The third kappa shape index (κ3) is 3.81. The van der Waals surface area contributed by atoms with Gasteiger partial charge in [0.15, 0.2) is 0 Å². The first-order chi connectivity index (χ1) is 12.9. The van der Waals surface area contributed by atoms with Crippen LogP contribution in [-0.4, -0.2) is 65.7 Å². The number of carbonyl (C=O) groups excluding carboxylic acids is 1. The monoisotopic (exact) mass is 373 g/mol. The lowest BCUT2D eigenvalue weighted by atomic mass is 9.79. The highest BCUT2D eigenvalue weighted by Crippen LogP contribution is 2.42. The smallest absolute Gasteiger partial charge is 0.414 e. The van der Waals surface area contributed by atoms with Crippen molar-refractivity contribution in [1.29, 1.82) is 0 Å². The minimum Gasteiger partial charge on any atom is -0.465 e. The molecule has 1 N–H and O–H groups in total. The van der Waals surface area contributed by atoms with Crippen molar-refractivity contribution in [2.45, 2.75) is 46.1 Å². The molecule has 1 aromatic rings. The van der Waals surface area contributed by atoms with E-state index in [0.717, 1.165) is 31.1 Å². The summed E-state index contributed by atoms with van der Waals surface area (Å²) < 4.78 is 0. The van der Waals surface area contributed by atoms with Crippen LogP contribution in [0.5, 0.6) is 0 Å². The molecule has 0 bridgehead atoms. The third-order valence-corrected chi connectivity index (χ3v) is 6.46. The van der Waals surface area contributed by atoms with Gasteiger partial charge in [0.25, 0.3) is 0 Å². The first kappa shape index (κ1) is 19.7. The molecule has 1 aromatic carbocycles. The Hall–Kier alpha value is -2.08. The van der Waals surface area contributed by atoms with E-state index >= 15 is 0 Å². The fourth-order valence-corrected chi connectivity index (χ4v) is 4.52. The van der Waals surface area contributed by atoms with Crippen LogP contribution in [0.1, 0.15) is 38.7 Å². The van der Waals surface area contributed by atoms with E-state index < -0.39 is 11.5 Å². The van der Waals surface area contributed by atoms with Gasteiger partial charge in [0.2, 0.25) is 5.91 Å². The Kier molecular flexibility index (Phi) is 5.75. The number of rotatable bonds is 5. The summed E-state index contributed by atoms with van der Waals surface area (Å²) in [5, 5.41) is 9.60. The summed E-state index contributed by atoms with van der Waals surface area (Å²) in [5.74, 6) is -0.205. The summed E-state index contributed by atoms with van der Waals surface area (Å²) in [6, 6.07) is 8.34. The number of carbonyl (C=O) groups is 2. The molecule has 0 aromatic heterocycles. The zero-order valence-electron chi connectivity index (χ0n) is 16.6. The van der Waals surface area contributed by atoms with Gasteiger partial charge in [-0.05, 0) is 38.3 Å². The summed E-state index contributed by atoms with van der Waals surface area (Å²) in [6.07, 6.45) is 0.934. The molecule has 0 saturated carbocycles. The largest absolute Gasteiger partial charge is 0.465 e. The van der Waals surface area contributed by atoms with Crippen LogP contribution in [0.15, 0.2) is 24.3 Å². The number of piperazine rings is 1. The van der Waals surface area contributed by atoms with E-state index in [-0.39, 0.29) is 11.9 Å². The number of imide groups is 1. The van der Waals surface area contributed by atoms with Crippen LogP contribution in [0.2, 0.25) is 0 Å². The molecule has 0 spiro atoms. The van der Waals surface area contributed by atoms with Crippen molar-refractivity contribution in [2.24, 2.45) is 5.41 Å². The van der Waals surface area contributed by atoms with E-state index in [1.54, 1.807) is 0 Å². The van der Waals surface area contributed by atoms with E-state index in [1.807, 2.05) is 13.8 Å². The van der Waals surface area contributed by atoms with Crippen molar-refractivity contribution in [3.63, 3.8) is 0 Å². The molecule has 6 nitrogen and oxygen atoms in total. The van der Waals surface area contributed by atoms with Gasteiger partial charge in [-0.15, -0.1) is 0 Å². The van der Waals surface area contributed by atoms with Gasteiger partial charge >= 0.3 is 6.09 Å². The molecule has 0 aliphatic carbocycles. The molecule has 2 amide bonds. The SMILES string of the molecule is CCC1(CC)C[C@H](CN2CCN(c3ccc(C)cc3)CC2)N(C(=O)O)C1=O. The quantitative estimate of drug-likeness (QED) is 0.859. The van der Waals surface area contributed by atoms with Crippen molar-refractivity contribution < 1.29 is 14.7 Å². The van der Waals surface area contributed by atoms with Crippen LogP contribution in [0.25, 0.3) is 0 Å². The Balaban J connectivity index is 1.63. The Bertz CT molecular complexity index is 676. The van der Waals surface area contributed by atoms with E-state index in [1.165, 1.54) is 11.3 Å². The lowest BCUT2D eigenvalue weighted by molar-refractivity contribution is -0.135. The number of likely N-dealkylation sites (tertiary alicyclic amines) is 1. The van der Waals surface area contributed by atoms with Crippen molar-refractivity contribution in [3.05, 3.63) is 29.8 Å². The summed E-state index contributed by atoms with van der Waals surface area (Å²) in [7, 11) is 0. The number of carboxylic acid groups (broad SMARTS) is 1. The maximum atomic E-state index is 12.8. The van der Waals surface area contributed by atoms with Crippen molar-refractivity contribution in [1.82, 2.24) is 9.80 Å². The molecule has 0 radical (unpaired) electrons. The fraction of sp³-hybridized carbons (Fsp3) is 0.619. The van der Waals surface area contributed by atoms with Crippen molar-refractivity contribution in [2.75, 3.05) is 37.6 Å². The van der Waals surface area contributed by atoms with E-state index in [9.17, 15) is 14.7 Å². The van der Waals surface area contributed by atoms with Gasteiger partial charge in [0, 0.05) is 38.4 Å². The number of benzene rings is 1. The second-order valence-corrected chi connectivity index (χ2v) is 7.93. The van der Waals surface area contributed by atoms with Crippen molar-refractivity contribution in [3.8, 4) is 0 Å². The van der Waals surface area contributed by atoms with Crippen LogP contribution in [0.4, 0.5) is 10.5 Å². The highest BCUT2D eigenvalue weighted by molar-refractivity contribution is 5.97. The summed E-state index contributed by atoms with van der Waals surface area (Å²) in [4.78, 5) is 30.3. The molecule has 148 valence electrons. The zero-order chi connectivity index (χ0) is 19.6. The molecule has 27 heavy (non-hydrogen) atoms. The topological polar surface area (TPSA) is 64.1 Å². The highest BCUT2D eigenvalue weighted by atomic mass is 16.4. The van der Waals surface area contributed by atoms with Gasteiger partial charge in [0.1, 0.15) is 0 Å². The molecule has 0 unspecified atom stereocenters. The van der Waals surface area contributed by atoms with E-state index in [0.29, 0.717) is 25.8 Å². The summed E-state index contributed by atoms with van der Waals surface area (Å²) >= 11 is 0. The minimum atomic E-state index is -1.10. The number of aryl methyl sites for hydroxylation is 1. The van der Waals surface area contributed by atoms with E-state index in [2.05, 4.69) is 41.0 Å². The predicted octanol–water partition coefficient (Wildman–Crippen LogP) is 3.20.